The van der Waals surface area contributed by atoms with Crippen molar-refractivity contribution in [3.05, 3.63) is 59.7 Å². The lowest BCUT2D eigenvalue weighted by Gasteiger charge is -2.33. The van der Waals surface area contributed by atoms with E-state index >= 15 is 0 Å². The number of hydrogen-bond donors (Lipinski definition) is 1. The van der Waals surface area contributed by atoms with Gasteiger partial charge < -0.3 is 5.32 Å². The maximum atomic E-state index is 12.9. The van der Waals surface area contributed by atoms with E-state index in [9.17, 15) is 4.79 Å². The average molecular weight is 342 g/mol. The highest BCUT2D eigenvalue weighted by atomic mass is 32.2. The molecule has 1 aromatic carbocycles. The number of aryl methyl sites for hydroxylation is 1. The Labute approximate surface area is 146 Å². The third kappa shape index (κ3) is 4.33. The van der Waals surface area contributed by atoms with Crippen LogP contribution in [0.25, 0.3) is 0 Å². The van der Waals surface area contributed by atoms with E-state index in [0.717, 1.165) is 41.7 Å². The number of nitrogens with one attached hydrogen (secondary N) is 1. The minimum absolute atomic E-state index is 0.0318. The molecule has 0 unspecified atom stereocenters. The van der Waals surface area contributed by atoms with Crippen LogP contribution in [0, 0.1) is 6.92 Å². The van der Waals surface area contributed by atoms with Crippen LogP contribution in [0.2, 0.25) is 0 Å². The molecule has 1 aromatic heterocycles. The fourth-order valence-corrected chi connectivity index (χ4v) is 3.81. The molecule has 2 heterocycles. The molecule has 126 valence electrons. The standard InChI is InChI=1S/C18H22N4OS/c1-14-19-8-7-16(21-14)13-20-18(23)17(15-5-3-2-4-6-15)22-9-11-24-12-10-22/h2-8,17H,9-13H2,1H3,(H,20,23)/t17-/m1/s1. The highest BCUT2D eigenvalue weighted by molar-refractivity contribution is 7.99. The lowest BCUT2D eigenvalue weighted by atomic mass is 10.0. The first kappa shape index (κ1) is 16.9. The maximum Gasteiger partial charge on any atom is 0.242 e. The number of amides is 1. The van der Waals surface area contributed by atoms with Crippen molar-refractivity contribution < 1.29 is 4.79 Å². The summed E-state index contributed by atoms with van der Waals surface area (Å²) in [5, 5.41) is 3.04. The van der Waals surface area contributed by atoms with Crippen LogP contribution < -0.4 is 5.32 Å². The number of benzene rings is 1. The normalized spacial score (nSPS) is 16.5. The van der Waals surface area contributed by atoms with Crippen molar-refractivity contribution in [3.8, 4) is 0 Å². The Morgan fingerprint density at radius 2 is 2.00 bits per heavy atom. The summed E-state index contributed by atoms with van der Waals surface area (Å²) in [7, 11) is 0. The number of rotatable bonds is 5. The van der Waals surface area contributed by atoms with Gasteiger partial charge in [0.1, 0.15) is 11.9 Å². The molecule has 2 aromatic rings. The molecule has 1 N–H and O–H groups in total. The van der Waals surface area contributed by atoms with Crippen LogP contribution in [-0.2, 0) is 11.3 Å². The van der Waals surface area contributed by atoms with Crippen molar-refractivity contribution in [1.82, 2.24) is 20.2 Å². The summed E-state index contributed by atoms with van der Waals surface area (Å²) in [5.74, 6) is 2.89. The van der Waals surface area contributed by atoms with Gasteiger partial charge in [0, 0.05) is 30.8 Å². The molecule has 1 amide bonds. The number of aromatic nitrogens is 2. The second-order valence-corrected chi connectivity index (χ2v) is 7.00. The Bertz CT molecular complexity index is 674. The Balaban J connectivity index is 1.73. The zero-order valence-electron chi connectivity index (χ0n) is 13.8. The van der Waals surface area contributed by atoms with Crippen molar-refractivity contribution >= 4 is 17.7 Å². The highest BCUT2D eigenvalue weighted by Crippen LogP contribution is 2.24. The number of thioether (sulfide) groups is 1. The van der Waals surface area contributed by atoms with E-state index in [4.69, 9.17) is 0 Å². The van der Waals surface area contributed by atoms with Gasteiger partial charge in [-0.3, -0.25) is 9.69 Å². The summed E-state index contributed by atoms with van der Waals surface area (Å²) >= 11 is 1.94. The smallest absolute Gasteiger partial charge is 0.242 e. The van der Waals surface area contributed by atoms with Crippen molar-refractivity contribution in [2.75, 3.05) is 24.6 Å². The summed E-state index contributed by atoms with van der Waals surface area (Å²) in [6.45, 7) is 4.14. The van der Waals surface area contributed by atoms with Gasteiger partial charge in [-0.05, 0) is 18.6 Å². The number of carbonyl (C=O) groups excluding carboxylic acids is 1. The molecular formula is C18H22N4OS. The molecule has 1 aliphatic rings. The SMILES string of the molecule is Cc1nccc(CNC(=O)[C@@H](c2ccccc2)N2CCSCC2)n1. The molecule has 0 aliphatic carbocycles. The Morgan fingerprint density at radius 3 is 2.71 bits per heavy atom. The second-order valence-electron chi connectivity index (χ2n) is 5.77. The van der Waals surface area contributed by atoms with Gasteiger partial charge in [0.15, 0.2) is 0 Å². The van der Waals surface area contributed by atoms with Crippen LogP contribution in [0.4, 0.5) is 0 Å². The van der Waals surface area contributed by atoms with E-state index in [-0.39, 0.29) is 11.9 Å². The quantitative estimate of drug-likeness (QED) is 0.903. The Kier molecular flexibility index (Phi) is 5.82. The number of hydrogen-bond acceptors (Lipinski definition) is 5. The van der Waals surface area contributed by atoms with Crippen LogP contribution in [-0.4, -0.2) is 45.4 Å². The zero-order chi connectivity index (χ0) is 16.8. The van der Waals surface area contributed by atoms with Crippen LogP contribution in [0.3, 0.4) is 0 Å². The topological polar surface area (TPSA) is 58.1 Å². The van der Waals surface area contributed by atoms with E-state index in [0.29, 0.717) is 6.54 Å². The monoisotopic (exact) mass is 342 g/mol. The molecule has 0 radical (unpaired) electrons. The third-order valence-corrected chi connectivity index (χ3v) is 4.99. The first-order valence-corrected chi connectivity index (χ1v) is 9.32. The van der Waals surface area contributed by atoms with Gasteiger partial charge in [-0.25, -0.2) is 9.97 Å². The first-order valence-electron chi connectivity index (χ1n) is 8.17. The van der Waals surface area contributed by atoms with E-state index < -0.39 is 0 Å². The summed E-state index contributed by atoms with van der Waals surface area (Å²) in [6, 6.07) is 11.6. The molecule has 0 spiro atoms. The highest BCUT2D eigenvalue weighted by Gasteiger charge is 2.28. The Hall–Kier alpha value is -1.92. The molecule has 0 bridgehead atoms. The van der Waals surface area contributed by atoms with Gasteiger partial charge in [0.2, 0.25) is 5.91 Å². The van der Waals surface area contributed by atoms with Gasteiger partial charge in [-0.15, -0.1) is 0 Å². The summed E-state index contributed by atoms with van der Waals surface area (Å²) in [5.41, 5.74) is 1.87. The maximum absolute atomic E-state index is 12.9. The van der Waals surface area contributed by atoms with Crippen LogP contribution in [0.15, 0.2) is 42.6 Å². The Morgan fingerprint density at radius 1 is 1.25 bits per heavy atom. The lowest BCUT2D eigenvalue weighted by molar-refractivity contribution is -0.126. The lowest BCUT2D eigenvalue weighted by Crippen LogP contribution is -2.44. The van der Waals surface area contributed by atoms with E-state index in [1.165, 1.54) is 0 Å². The zero-order valence-corrected chi connectivity index (χ0v) is 14.6. The predicted molar refractivity (Wildman–Crippen MR) is 96.7 cm³/mol. The third-order valence-electron chi connectivity index (χ3n) is 4.05. The van der Waals surface area contributed by atoms with E-state index in [1.54, 1.807) is 6.20 Å². The molecule has 3 rings (SSSR count). The first-order chi connectivity index (χ1) is 11.7. The number of nitrogens with zero attached hydrogens (tertiary/aromatic N) is 3. The largest absolute Gasteiger partial charge is 0.349 e. The van der Waals surface area contributed by atoms with E-state index in [1.807, 2.05) is 55.1 Å². The van der Waals surface area contributed by atoms with E-state index in [2.05, 4.69) is 20.2 Å². The van der Waals surface area contributed by atoms with Crippen LogP contribution in [0.5, 0.6) is 0 Å². The summed E-state index contributed by atoms with van der Waals surface area (Å²) < 4.78 is 0. The minimum atomic E-state index is -0.241. The average Bonchev–Trinajstić information content (AvgIpc) is 2.62. The second kappa shape index (κ2) is 8.26. The summed E-state index contributed by atoms with van der Waals surface area (Å²) in [6.07, 6.45) is 1.72. The molecular weight excluding hydrogens is 320 g/mol. The minimum Gasteiger partial charge on any atom is -0.349 e. The van der Waals surface area contributed by atoms with Crippen LogP contribution in [0.1, 0.15) is 23.1 Å². The molecule has 1 saturated heterocycles. The van der Waals surface area contributed by atoms with Gasteiger partial charge in [-0.2, -0.15) is 11.8 Å². The fourth-order valence-electron chi connectivity index (χ4n) is 2.88. The summed E-state index contributed by atoms with van der Waals surface area (Å²) in [4.78, 5) is 23.6. The van der Waals surface area contributed by atoms with Gasteiger partial charge in [0.25, 0.3) is 0 Å². The number of carbonyl (C=O) groups is 1. The fraction of sp³-hybridized carbons (Fsp3) is 0.389. The van der Waals surface area contributed by atoms with Gasteiger partial charge in [-0.1, -0.05) is 30.3 Å². The molecule has 1 fully saturated rings. The van der Waals surface area contributed by atoms with Crippen LogP contribution >= 0.6 is 11.8 Å². The molecule has 6 heteroatoms. The van der Waals surface area contributed by atoms with Crippen molar-refractivity contribution in [2.45, 2.75) is 19.5 Å². The predicted octanol–water partition coefficient (Wildman–Crippen LogP) is 2.19. The van der Waals surface area contributed by atoms with Crippen molar-refractivity contribution in [3.63, 3.8) is 0 Å². The molecule has 1 atom stereocenters. The molecule has 1 aliphatic heterocycles. The molecule has 5 nitrogen and oxygen atoms in total. The molecule has 0 saturated carbocycles. The van der Waals surface area contributed by atoms with Crippen molar-refractivity contribution in [1.29, 1.82) is 0 Å². The van der Waals surface area contributed by atoms with Gasteiger partial charge in [0.05, 0.1) is 12.2 Å². The molecule has 24 heavy (non-hydrogen) atoms. The van der Waals surface area contributed by atoms with Crippen molar-refractivity contribution in [2.24, 2.45) is 0 Å². The van der Waals surface area contributed by atoms with Gasteiger partial charge >= 0.3 is 0 Å².